The van der Waals surface area contributed by atoms with Crippen LogP contribution in [0.4, 0.5) is 0 Å². The van der Waals surface area contributed by atoms with Crippen LogP contribution in [0.3, 0.4) is 0 Å². The number of nitriles is 1. The Bertz CT molecular complexity index is 642. The fourth-order valence-electron chi connectivity index (χ4n) is 2.00. The first-order chi connectivity index (χ1) is 11.6. The third-order valence-electron chi connectivity index (χ3n) is 3.19. The normalized spacial score (nSPS) is 11.2. The quantitative estimate of drug-likeness (QED) is 0.123. The van der Waals surface area contributed by atoms with E-state index in [-0.39, 0.29) is 19.0 Å². The van der Waals surface area contributed by atoms with Crippen LogP contribution in [0.2, 0.25) is 0 Å². The van der Waals surface area contributed by atoms with Crippen molar-refractivity contribution in [1.82, 2.24) is 5.01 Å². The number of rotatable bonds is 9. The Morgan fingerprint density at radius 2 is 2.12 bits per heavy atom. The lowest BCUT2D eigenvalue weighted by Crippen LogP contribution is -2.39. The molecule has 126 valence electrons. The zero-order valence-electron chi connectivity index (χ0n) is 13.5. The average molecular weight is 326 g/mol. The van der Waals surface area contributed by atoms with E-state index in [1.165, 1.54) is 5.01 Å². The molecule has 1 aromatic carbocycles. The number of aliphatic hydroxyl groups excluding tert-OH is 1. The van der Waals surface area contributed by atoms with Crippen molar-refractivity contribution >= 4 is 5.84 Å². The van der Waals surface area contributed by atoms with Crippen LogP contribution in [0.5, 0.6) is 0 Å². The van der Waals surface area contributed by atoms with Gasteiger partial charge in [-0.15, -0.1) is 0 Å². The van der Waals surface area contributed by atoms with Crippen LogP contribution < -0.4 is 5.84 Å². The smallest absolute Gasteiger partial charge is 0.142 e. The molecule has 0 bridgehead atoms. The summed E-state index contributed by atoms with van der Waals surface area (Å²) in [7, 11) is 0. The van der Waals surface area contributed by atoms with Crippen LogP contribution in [0, 0.1) is 16.7 Å². The van der Waals surface area contributed by atoms with Gasteiger partial charge in [0.25, 0.3) is 0 Å². The van der Waals surface area contributed by atoms with Crippen LogP contribution in [0.25, 0.3) is 0 Å². The molecular formula is C18H22N4O2. The lowest BCUT2D eigenvalue weighted by Gasteiger charge is -2.19. The minimum atomic E-state index is 0.0126. The Balaban J connectivity index is 2.66. The highest BCUT2D eigenvalue weighted by molar-refractivity contribution is 5.95. The fraction of sp³-hybridized carbons (Fsp3) is 0.222. The van der Waals surface area contributed by atoms with Crippen molar-refractivity contribution in [2.75, 3.05) is 19.8 Å². The van der Waals surface area contributed by atoms with Crippen LogP contribution in [-0.2, 0) is 11.2 Å². The summed E-state index contributed by atoms with van der Waals surface area (Å²) in [4.78, 5) is 0. The molecule has 0 spiro atoms. The Morgan fingerprint density at radius 3 is 2.71 bits per heavy atom. The summed E-state index contributed by atoms with van der Waals surface area (Å²) in [5.41, 5.74) is 2.65. The maximum Gasteiger partial charge on any atom is 0.142 e. The van der Waals surface area contributed by atoms with Crippen molar-refractivity contribution < 1.29 is 9.84 Å². The van der Waals surface area contributed by atoms with E-state index in [9.17, 15) is 0 Å². The van der Waals surface area contributed by atoms with Crippen LogP contribution in [-0.4, -0.2) is 35.7 Å². The topological polar surface area (TPSA) is 106 Å². The molecule has 1 aromatic rings. The lowest BCUT2D eigenvalue weighted by atomic mass is 10.0. The van der Waals surface area contributed by atoms with E-state index in [1.807, 2.05) is 36.4 Å². The van der Waals surface area contributed by atoms with Crippen molar-refractivity contribution in [3.8, 4) is 6.07 Å². The molecule has 0 fully saturated rings. The summed E-state index contributed by atoms with van der Waals surface area (Å²) in [5.74, 6) is 6.00. The summed E-state index contributed by atoms with van der Waals surface area (Å²) in [6, 6.07) is 9.34. The van der Waals surface area contributed by atoms with Crippen LogP contribution in [0.1, 0.15) is 11.1 Å². The highest BCUT2D eigenvalue weighted by Gasteiger charge is 2.08. The lowest BCUT2D eigenvalue weighted by molar-refractivity contribution is 0.148. The third-order valence-corrected chi connectivity index (χ3v) is 3.19. The van der Waals surface area contributed by atoms with Gasteiger partial charge in [-0.25, -0.2) is 5.84 Å². The summed E-state index contributed by atoms with van der Waals surface area (Å²) in [5, 5.41) is 26.6. The molecule has 6 nitrogen and oxygen atoms in total. The fourth-order valence-corrected chi connectivity index (χ4v) is 2.00. The van der Waals surface area contributed by atoms with E-state index in [1.54, 1.807) is 12.2 Å². The summed E-state index contributed by atoms with van der Waals surface area (Å²) in [6.45, 7) is 4.28. The van der Waals surface area contributed by atoms with Crippen LogP contribution >= 0.6 is 0 Å². The average Bonchev–Trinajstić information content (AvgIpc) is 2.59. The second kappa shape index (κ2) is 10.8. The molecule has 0 heterocycles. The van der Waals surface area contributed by atoms with Gasteiger partial charge in [-0.2, -0.15) is 5.26 Å². The number of ether oxygens (including phenoxy) is 1. The number of hydrazine groups is 1. The Morgan fingerprint density at radius 1 is 1.42 bits per heavy atom. The van der Waals surface area contributed by atoms with E-state index in [0.717, 1.165) is 17.4 Å². The molecule has 24 heavy (non-hydrogen) atoms. The Hall–Kier alpha value is -2.88. The molecule has 0 unspecified atom stereocenters. The molecule has 1 rings (SSSR count). The van der Waals surface area contributed by atoms with E-state index >= 15 is 0 Å². The molecule has 0 saturated heterocycles. The van der Waals surface area contributed by atoms with Crippen molar-refractivity contribution in [1.29, 1.82) is 10.7 Å². The number of nitrogens with one attached hydrogen (secondary N) is 1. The van der Waals surface area contributed by atoms with Crippen molar-refractivity contribution in [2.24, 2.45) is 5.84 Å². The maximum atomic E-state index is 8.89. The van der Waals surface area contributed by atoms with Gasteiger partial charge < -0.3 is 9.84 Å². The first-order valence-electron chi connectivity index (χ1n) is 7.39. The van der Waals surface area contributed by atoms with Gasteiger partial charge in [-0.05, 0) is 23.6 Å². The molecule has 0 amide bonds. The second-order valence-corrected chi connectivity index (χ2v) is 4.92. The highest BCUT2D eigenvalue weighted by atomic mass is 16.5. The molecule has 0 aliphatic carbocycles. The van der Waals surface area contributed by atoms with Gasteiger partial charge in [0.2, 0.25) is 0 Å². The highest BCUT2D eigenvalue weighted by Crippen LogP contribution is 2.12. The van der Waals surface area contributed by atoms with Gasteiger partial charge in [0.05, 0.1) is 25.5 Å². The molecule has 0 aliphatic rings. The molecule has 0 atom stereocenters. The number of nitrogens with two attached hydrogens (primary N) is 1. The van der Waals surface area contributed by atoms with Gasteiger partial charge in [-0.3, -0.25) is 10.4 Å². The van der Waals surface area contributed by atoms with E-state index in [0.29, 0.717) is 18.5 Å². The second-order valence-electron chi connectivity index (χ2n) is 4.92. The zero-order valence-corrected chi connectivity index (χ0v) is 13.5. The third kappa shape index (κ3) is 6.48. The summed E-state index contributed by atoms with van der Waals surface area (Å²) < 4.78 is 5.03. The number of amidine groups is 1. The van der Waals surface area contributed by atoms with E-state index < -0.39 is 0 Å². The molecule has 0 aromatic heterocycles. The van der Waals surface area contributed by atoms with Gasteiger partial charge in [0, 0.05) is 5.56 Å². The predicted octanol–water partition coefficient (Wildman–Crippen LogP) is 2.45. The van der Waals surface area contributed by atoms with Gasteiger partial charge in [0.1, 0.15) is 12.4 Å². The van der Waals surface area contributed by atoms with Gasteiger partial charge in [-0.1, -0.05) is 43.0 Å². The number of allylic oxidation sites excluding steroid dienone is 4. The molecule has 0 saturated carbocycles. The minimum absolute atomic E-state index is 0.0126. The van der Waals surface area contributed by atoms with E-state index in [4.69, 9.17) is 26.4 Å². The van der Waals surface area contributed by atoms with E-state index in [2.05, 4.69) is 6.58 Å². The first-order valence-corrected chi connectivity index (χ1v) is 7.39. The standard InChI is InChI=1S/C18H22N4O2/c1-2-3-15(8-11-23)14-16-4-6-17(7-5-16)18(20)22(21)10-13-24-12-9-19/h2-8,11,20,23H,1,10,12-14,21H2/b11-8+,15-3+,20-18?. The largest absolute Gasteiger partial charge is 0.516 e. The monoisotopic (exact) mass is 326 g/mol. The minimum Gasteiger partial charge on any atom is -0.516 e. The molecule has 6 heteroatoms. The Labute approximate surface area is 142 Å². The zero-order chi connectivity index (χ0) is 17.8. The summed E-state index contributed by atoms with van der Waals surface area (Å²) >= 11 is 0. The first kappa shape index (κ1) is 19.2. The number of hydrogen-bond donors (Lipinski definition) is 3. The molecule has 0 radical (unpaired) electrons. The predicted molar refractivity (Wildman–Crippen MR) is 94.3 cm³/mol. The maximum absolute atomic E-state index is 8.89. The van der Waals surface area contributed by atoms with Crippen molar-refractivity contribution in [3.63, 3.8) is 0 Å². The number of benzene rings is 1. The molecule has 4 N–H and O–H groups in total. The van der Waals surface area contributed by atoms with Crippen LogP contribution in [0.15, 0.2) is 60.9 Å². The molecular weight excluding hydrogens is 304 g/mol. The number of aliphatic hydroxyl groups is 1. The van der Waals surface area contributed by atoms with Crippen molar-refractivity contribution in [3.05, 3.63) is 72.0 Å². The van der Waals surface area contributed by atoms with Gasteiger partial charge >= 0.3 is 0 Å². The number of nitrogens with zero attached hydrogens (tertiary/aromatic N) is 2. The van der Waals surface area contributed by atoms with Gasteiger partial charge in [0.15, 0.2) is 0 Å². The summed E-state index contributed by atoms with van der Waals surface area (Å²) in [6.07, 6.45) is 6.75. The van der Waals surface area contributed by atoms with Crippen molar-refractivity contribution in [2.45, 2.75) is 6.42 Å². The number of hydrogen-bond acceptors (Lipinski definition) is 5. The Kier molecular flexibility index (Phi) is 8.61. The SMILES string of the molecule is C=C/C=C(\C=C\O)Cc1ccc(C(=N)N(N)CCOCC#N)cc1. The molecule has 0 aliphatic heterocycles.